The largest absolute Gasteiger partial charge is 0.490 e. The fourth-order valence-corrected chi connectivity index (χ4v) is 8.48. The molecule has 2 N–H and O–H groups in total. The Morgan fingerprint density at radius 3 is 2.40 bits per heavy atom. The molecule has 1 amide bonds. The van der Waals surface area contributed by atoms with Crippen molar-refractivity contribution in [2.75, 3.05) is 31.1 Å². The van der Waals surface area contributed by atoms with Crippen LogP contribution in [-0.4, -0.2) is 66.2 Å². The highest BCUT2D eigenvalue weighted by Crippen LogP contribution is 2.42. The number of fused-ring (bicyclic) bond motifs is 3. The zero-order chi connectivity index (χ0) is 37.1. The highest BCUT2D eigenvalue weighted by atomic mass is 35.5. The number of halogens is 5. The molecule has 52 heavy (non-hydrogen) atoms. The molecule has 3 saturated heterocycles. The molecule has 0 saturated carbocycles. The van der Waals surface area contributed by atoms with Crippen LogP contribution in [0.2, 0.25) is 10.0 Å². The molecule has 0 aliphatic carbocycles. The number of thiophene rings is 1. The number of benzene rings is 2. The number of rotatable bonds is 13. The lowest BCUT2D eigenvalue weighted by atomic mass is 9.85. The van der Waals surface area contributed by atoms with Crippen LogP contribution in [0.5, 0.6) is 11.5 Å². The molecule has 0 unspecified atom stereocenters. The summed E-state index contributed by atoms with van der Waals surface area (Å²) in [5.41, 5.74) is 1.05. The van der Waals surface area contributed by atoms with Gasteiger partial charge in [0, 0.05) is 27.6 Å². The molecule has 7 rings (SSSR count). The second-order valence-electron chi connectivity index (χ2n) is 12.5. The van der Waals surface area contributed by atoms with Gasteiger partial charge in [-0.15, -0.1) is 11.3 Å². The van der Waals surface area contributed by atoms with E-state index < -0.39 is 30.4 Å². The molecule has 2 atom stereocenters. The Bertz CT molecular complexity index is 1920. The minimum absolute atomic E-state index is 0.00250. The number of aromatic nitrogens is 1. The Kier molecular flexibility index (Phi) is 11.7. The number of carboxylic acids is 1. The number of para-hydroxylation sites is 1. The minimum atomic E-state index is -3.12. The van der Waals surface area contributed by atoms with Crippen molar-refractivity contribution in [3.8, 4) is 11.5 Å². The third-order valence-corrected chi connectivity index (χ3v) is 11.0. The molecular weight excluding hydrogens is 746 g/mol. The standard InChI is InChI=1S/C36H34Cl2F3N3O7S/c1-2-49-31-13-21(7-8-30(31)50-35(40)41)23(15-25-26(37)17-43(48)18-27(25)38)24-14-22(52-33(24)34(45)46)16-44(29-6-4-3-5-28(29)39)36(47)51-32-19-42-11-9-20(32)10-12-42/h3-8,13-14,17-18,20,23,32,35H,2,9-12,15-16,19H2,1H3,(H-,45,46,48)/p+1/t23-,32-/m0/s1. The monoisotopic (exact) mass is 780 g/mol. The second kappa shape index (κ2) is 16.2. The molecular formula is C36H35Cl2F3N3O7S+. The van der Waals surface area contributed by atoms with E-state index in [4.69, 9.17) is 32.7 Å². The van der Waals surface area contributed by atoms with Gasteiger partial charge in [-0.25, -0.2) is 14.0 Å². The molecule has 4 aromatic rings. The number of nitrogens with zero attached hydrogens (tertiary/aromatic N) is 3. The van der Waals surface area contributed by atoms with Gasteiger partial charge in [-0.1, -0.05) is 41.4 Å². The van der Waals surface area contributed by atoms with Crippen LogP contribution in [-0.2, 0) is 17.7 Å². The Labute approximate surface area is 311 Å². The van der Waals surface area contributed by atoms with Crippen LogP contribution < -0.4 is 19.1 Å². The number of amides is 1. The molecule has 2 aromatic heterocycles. The topological polar surface area (TPSA) is 113 Å². The number of carbonyl (C=O) groups excluding carboxylic acids is 1. The zero-order valence-electron chi connectivity index (χ0n) is 27.8. The molecule has 5 heterocycles. The SMILES string of the molecule is CCOc1cc([C@H](Cc2c(Cl)c[n+](O)cc2Cl)c2cc(CN(C(=O)O[C@H]3CN4CCC3CC4)c3ccccc3F)sc2C(=O)O)ccc1OC(F)F. The van der Waals surface area contributed by atoms with E-state index >= 15 is 4.39 Å². The lowest BCUT2D eigenvalue weighted by Gasteiger charge is -2.44. The number of hydrogen-bond donors (Lipinski definition) is 2. The van der Waals surface area contributed by atoms with Gasteiger partial charge < -0.3 is 19.3 Å². The van der Waals surface area contributed by atoms with Gasteiger partial charge in [0.15, 0.2) is 11.5 Å². The summed E-state index contributed by atoms with van der Waals surface area (Å²) in [5.74, 6) is -2.79. The van der Waals surface area contributed by atoms with Gasteiger partial charge in [0.2, 0.25) is 12.4 Å². The molecule has 10 nitrogen and oxygen atoms in total. The average molecular weight is 782 g/mol. The highest BCUT2D eigenvalue weighted by Gasteiger charge is 2.38. The zero-order valence-corrected chi connectivity index (χ0v) is 30.1. The van der Waals surface area contributed by atoms with Gasteiger partial charge in [0.1, 0.15) is 26.8 Å². The van der Waals surface area contributed by atoms with E-state index in [0.29, 0.717) is 27.3 Å². The lowest BCUT2D eigenvalue weighted by molar-refractivity contribution is -0.904. The minimum Gasteiger partial charge on any atom is -0.490 e. The fraction of sp³-hybridized carbons (Fsp3) is 0.361. The maximum Gasteiger partial charge on any atom is 0.415 e. The van der Waals surface area contributed by atoms with Crippen LogP contribution in [0.4, 0.5) is 23.7 Å². The van der Waals surface area contributed by atoms with E-state index in [1.165, 1.54) is 48.8 Å². The van der Waals surface area contributed by atoms with Crippen LogP contribution >= 0.6 is 34.5 Å². The van der Waals surface area contributed by atoms with E-state index in [-0.39, 0.29) is 69.3 Å². The Morgan fingerprint density at radius 2 is 1.79 bits per heavy atom. The predicted octanol–water partition coefficient (Wildman–Crippen LogP) is 8.03. The van der Waals surface area contributed by atoms with Crippen molar-refractivity contribution in [2.24, 2.45) is 5.92 Å². The number of piperidine rings is 3. The first kappa shape index (κ1) is 37.5. The van der Waals surface area contributed by atoms with E-state index in [1.807, 2.05) is 0 Å². The molecule has 276 valence electrons. The second-order valence-corrected chi connectivity index (χ2v) is 14.4. The van der Waals surface area contributed by atoms with Crippen molar-refractivity contribution in [3.63, 3.8) is 0 Å². The first-order valence-electron chi connectivity index (χ1n) is 16.5. The van der Waals surface area contributed by atoms with Gasteiger partial charge >= 0.3 is 18.7 Å². The quantitative estimate of drug-likeness (QED) is 0.104. The number of alkyl halides is 2. The van der Waals surface area contributed by atoms with Crippen LogP contribution in [0.3, 0.4) is 0 Å². The molecule has 3 aliphatic heterocycles. The van der Waals surface area contributed by atoms with Gasteiger partial charge in [0.05, 0.1) is 18.8 Å². The normalized spacial score (nSPS) is 18.6. The molecule has 0 spiro atoms. The van der Waals surface area contributed by atoms with Crippen molar-refractivity contribution in [2.45, 2.75) is 51.4 Å². The van der Waals surface area contributed by atoms with E-state index in [1.54, 1.807) is 19.1 Å². The molecule has 2 bridgehead atoms. The van der Waals surface area contributed by atoms with Crippen molar-refractivity contribution >= 4 is 52.3 Å². The number of pyridine rings is 1. The predicted molar refractivity (Wildman–Crippen MR) is 187 cm³/mol. The maximum atomic E-state index is 15.3. The average Bonchev–Trinajstić information content (AvgIpc) is 3.52. The van der Waals surface area contributed by atoms with Gasteiger partial charge in [-0.05, 0) is 86.7 Å². The Morgan fingerprint density at radius 1 is 1.08 bits per heavy atom. The summed E-state index contributed by atoms with van der Waals surface area (Å²) in [5, 5.41) is 20.6. The molecule has 3 fully saturated rings. The summed E-state index contributed by atoms with van der Waals surface area (Å²) in [4.78, 5) is 30.4. The summed E-state index contributed by atoms with van der Waals surface area (Å²) >= 11 is 13.9. The van der Waals surface area contributed by atoms with Crippen molar-refractivity contribution in [3.05, 3.63) is 103 Å². The fourth-order valence-electron chi connectivity index (χ4n) is 6.82. The number of anilines is 1. The number of aromatic carboxylic acids is 1. The van der Waals surface area contributed by atoms with E-state index in [0.717, 1.165) is 42.2 Å². The first-order valence-corrected chi connectivity index (χ1v) is 18.1. The molecule has 0 radical (unpaired) electrons. The number of carboxylic acid groups (broad SMARTS) is 1. The van der Waals surface area contributed by atoms with Crippen LogP contribution in [0, 0.1) is 11.7 Å². The molecule has 2 aromatic carbocycles. The maximum absolute atomic E-state index is 15.3. The Hall–Kier alpha value is -4.24. The summed E-state index contributed by atoms with van der Waals surface area (Å²) < 4.78 is 58.7. The third kappa shape index (κ3) is 8.35. The van der Waals surface area contributed by atoms with Crippen molar-refractivity contribution < 1.29 is 52.0 Å². The smallest absolute Gasteiger partial charge is 0.415 e. The summed E-state index contributed by atoms with van der Waals surface area (Å²) in [6, 6.07) is 11.6. The third-order valence-electron chi connectivity index (χ3n) is 9.27. The van der Waals surface area contributed by atoms with E-state index in [9.17, 15) is 28.7 Å². The summed E-state index contributed by atoms with van der Waals surface area (Å²) in [6.45, 7) is 0.884. The number of carbonyl (C=O) groups is 2. The first-order chi connectivity index (χ1) is 24.9. The Balaban J connectivity index is 1.42. The number of ether oxygens (including phenoxy) is 3. The van der Waals surface area contributed by atoms with Gasteiger partial charge in [-0.2, -0.15) is 8.78 Å². The summed E-state index contributed by atoms with van der Waals surface area (Å²) in [7, 11) is 0. The lowest BCUT2D eigenvalue weighted by Crippen LogP contribution is -2.53. The number of hydrogen-bond acceptors (Lipinski definition) is 8. The molecule has 16 heteroatoms. The van der Waals surface area contributed by atoms with Crippen molar-refractivity contribution in [1.29, 1.82) is 0 Å². The highest BCUT2D eigenvalue weighted by molar-refractivity contribution is 7.14. The van der Waals surface area contributed by atoms with Crippen LogP contribution in [0.25, 0.3) is 0 Å². The van der Waals surface area contributed by atoms with Crippen molar-refractivity contribution in [1.82, 2.24) is 4.90 Å². The van der Waals surface area contributed by atoms with E-state index in [2.05, 4.69) is 9.64 Å². The summed E-state index contributed by atoms with van der Waals surface area (Å²) in [6.07, 6.45) is 3.09. The van der Waals surface area contributed by atoms with Gasteiger partial charge in [0.25, 0.3) is 0 Å². The van der Waals surface area contributed by atoms with Gasteiger partial charge in [-0.3, -0.25) is 15.0 Å². The van der Waals surface area contributed by atoms with Crippen LogP contribution in [0.1, 0.15) is 56.9 Å². The van der Waals surface area contributed by atoms with Crippen LogP contribution in [0.15, 0.2) is 60.9 Å². The molecule has 3 aliphatic rings.